The fourth-order valence-corrected chi connectivity index (χ4v) is 1.74. The molecule has 0 aliphatic heterocycles. The van der Waals surface area contributed by atoms with Gasteiger partial charge < -0.3 is 4.74 Å². The van der Waals surface area contributed by atoms with Crippen LogP contribution in [0.2, 0.25) is 0 Å². The summed E-state index contributed by atoms with van der Waals surface area (Å²) in [7, 11) is 0. The average Bonchev–Trinajstić information content (AvgIpc) is 2.46. The number of hydrogen-bond acceptors (Lipinski definition) is 2. The van der Waals surface area contributed by atoms with Gasteiger partial charge in [-0.1, -0.05) is 42.5 Å². The van der Waals surface area contributed by atoms with Gasteiger partial charge in [-0.25, -0.2) is 0 Å². The Morgan fingerprint density at radius 3 is 2.45 bits per heavy atom. The van der Waals surface area contributed by atoms with Crippen LogP contribution in [0.3, 0.4) is 0 Å². The molecule has 0 bridgehead atoms. The van der Waals surface area contributed by atoms with Gasteiger partial charge in [-0.3, -0.25) is 4.79 Å². The number of carbonyl (C=O) groups excluding carboxylic acids is 1. The first-order chi connectivity index (χ1) is 9.49. The van der Waals surface area contributed by atoms with Gasteiger partial charge in [0.1, 0.15) is 5.75 Å². The second-order valence-corrected chi connectivity index (χ2v) is 4.44. The normalized spacial score (nSPS) is 11.2. The van der Waals surface area contributed by atoms with E-state index in [1.54, 1.807) is 36.4 Å². The van der Waals surface area contributed by atoms with Gasteiger partial charge in [0.05, 0.1) is 0 Å². The van der Waals surface area contributed by atoms with E-state index in [2.05, 4.69) is 0 Å². The van der Waals surface area contributed by atoms with Crippen molar-refractivity contribution in [1.82, 2.24) is 0 Å². The predicted molar refractivity (Wildman–Crippen MR) is 72.3 cm³/mol. The number of ketones is 1. The molecule has 0 aliphatic rings. The van der Waals surface area contributed by atoms with Crippen LogP contribution in [0.5, 0.6) is 5.75 Å². The van der Waals surface area contributed by atoms with Crippen LogP contribution in [-0.2, 0) is 5.92 Å². The summed E-state index contributed by atoms with van der Waals surface area (Å²) < 4.78 is 32.9. The average molecular weight is 276 g/mol. The van der Waals surface area contributed by atoms with Crippen molar-refractivity contribution in [2.45, 2.75) is 12.8 Å². The van der Waals surface area contributed by atoms with E-state index in [0.29, 0.717) is 5.56 Å². The minimum Gasteiger partial charge on any atom is -0.487 e. The molecule has 2 nitrogen and oxygen atoms in total. The van der Waals surface area contributed by atoms with Crippen LogP contribution in [0, 0.1) is 0 Å². The van der Waals surface area contributed by atoms with E-state index in [1.165, 1.54) is 25.1 Å². The Bertz CT molecular complexity index is 594. The molecule has 0 atom stereocenters. The van der Waals surface area contributed by atoms with Crippen molar-refractivity contribution in [3.05, 3.63) is 65.7 Å². The zero-order valence-corrected chi connectivity index (χ0v) is 11.0. The fraction of sp³-hybridized carbons (Fsp3) is 0.188. The van der Waals surface area contributed by atoms with Crippen LogP contribution in [0.1, 0.15) is 22.8 Å². The van der Waals surface area contributed by atoms with Crippen molar-refractivity contribution >= 4 is 5.78 Å². The summed E-state index contributed by atoms with van der Waals surface area (Å²) >= 11 is 0. The first kappa shape index (κ1) is 14.2. The van der Waals surface area contributed by atoms with Gasteiger partial charge in [-0.2, -0.15) is 8.78 Å². The highest BCUT2D eigenvalue weighted by Crippen LogP contribution is 2.28. The summed E-state index contributed by atoms with van der Waals surface area (Å²) in [6, 6.07) is 13.7. The van der Waals surface area contributed by atoms with Gasteiger partial charge in [0, 0.05) is 11.1 Å². The molecule has 0 spiro atoms. The molecular weight excluding hydrogens is 262 g/mol. The minimum absolute atomic E-state index is 0.0947. The molecular formula is C16H14F2O2. The van der Waals surface area contributed by atoms with E-state index in [-0.39, 0.29) is 17.1 Å². The third-order valence-electron chi connectivity index (χ3n) is 2.86. The molecule has 4 heteroatoms. The zero-order valence-electron chi connectivity index (χ0n) is 11.0. The van der Waals surface area contributed by atoms with Crippen LogP contribution in [0.15, 0.2) is 54.6 Å². The standard InChI is InChI=1S/C16H14F2O2/c1-12(19)13-6-5-9-15(10-13)20-11-16(17,18)14-7-3-2-4-8-14/h2-10H,11H2,1H3. The highest BCUT2D eigenvalue weighted by atomic mass is 19.3. The van der Waals surface area contributed by atoms with Crippen LogP contribution >= 0.6 is 0 Å². The summed E-state index contributed by atoms with van der Waals surface area (Å²) in [5.74, 6) is -2.95. The van der Waals surface area contributed by atoms with Gasteiger partial charge >= 0.3 is 5.92 Å². The maximum Gasteiger partial charge on any atom is 0.306 e. The van der Waals surface area contributed by atoms with Gasteiger partial charge in [0.25, 0.3) is 0 Å². The molecule has 0 N–H and O–H groups in total. The van der Waals surface area contributed by atoms with E-state index in [0.717, 1.165) is 0 Å². The fourth-order valence-electron chi connectivity index (χ4n) is 1.74. The zero-order chi connectivity index (χ0) is 14.6. The number of benzene rings is 2. The first-order valence-electron chi connectivity index (χ1n) is 6.16. The molecule has 0 amide bonds. The molecule has 104 valence electrons. The number of rotatable bonds is 5. The summed E-state index contributed by atoms with van der Waals surface area (Å²) in [6.45, 7) is 0.649. The Morgan fingerprint density at radius 2 is 1.80 bits per heavy atom. The van der Waals surface area contributed by atoms with Crippen LogP contribution in [-0.4, -0.2) is 12.4 Å². The lowest BCUT2D eigenvalue weighted by Gasteiger charge is -2.17. The quantitative estimate of drug-likeness (QED) is 0.770. The molecule has 2 aromatic rings. The van der Waals surface area contributed by atoms with Gasteiger partial charge in [0.2, 0.25) is 0 Å². The lowest BCUT2D eigenvalue weighted by atomic mass is 10.1. The van der Waals surface area contributed by atoms with Crippen LogP contribution in [0.4, 0.5) is 8.78 Å². The predicted octanol–water partition coefficient (Wildman–Crippen LogP) is 4.06. The smallest absolute Gasteiger partial charge is 0.306 e. The van der Waals surface area contributed by atoms with Crippen LogP contribution in [0.25, 0.3) is 0 Å². The van der Waals surface area contributed by atoms with E-state index in [1.807, 2.05) is 0 Å². The number of Topliss-reactive ketones (excluding diaryl/α,β-unsaturated/α-hetero) is 1. The van der Waals surface area contributed by atoms with Crippen molar-refractivity contribution < 1.29 is 18.3 Å². The molecule has 2 aromatic carbocycles. The van der Waals surface area contributed by atoms with Crippen molar-refractivity contribution in [2.24, 2.45) is 0 Å². The Labute approximate surface area is 116 Å². The highest BCUT2D eigenvalue weighted by Gasteiger charge is 2.32. The summed E-state index contributed by atoms with van der Waals surface area (Å²) in [6.07, 6.45) is 0. The molecule has 2 rings (SSSR count). The van der Waals surface area contributed by atoms with Crippen molar-refractivity contribution in [3.63, 3.8) is 0 Å². The van der Waals surface area contributed by atoms with E-state index < -0.39 is 12.5 Å². The molecule has 0 heterocycles. The molecule has 0 saturated heterocycles. The van der Waals surface area contributed by atoms with Gasteiger partial charge in [-0.15, -0.1) is 0 Å². The first-order valence-corrected chi connectivity index (χ1v) is 6.16. The second kappa shape index (κ2) is 5.82. The Balaban J connectivity index is 2.08. The minimum atomic E-state index is -3.08. The summed E-state index contributed by atoms with van der Waals surface area (Å²) in [5.41, 5.74) is 0.341. The Hall–Kier alpha value is -2.23. The Kier molecular flexibility index (Phi) is 4.13. The number of halogens is 2. The number of hydrogen-bond donors (Lipinski definition) is 0. The lowest BCUT2D eigenvalue weighted by Crippen LogP contribution is -2.23. The maximum absolute atomic E-state index is 13.9. The van der Waals surface area contributed by atoms with Gasteiger partial charge in [0.15, 0.2) is 12.4 Å². The summed E-state index contributed by atoms with van der Waals surface area (Å²) in [5, 5.41) is 0. The van der Waals surface area contributed by atoms with E-state index >= 15 is 0 Å². The number of alkyl halides is 2. The topological polar surface area (TPSA) is 26.3 Å². The summed E-state index contributed by atoms with van der Waals surface area (Å²) in [4.78, 5) is 11.2. The third-order valence-corrected chi connectivity index (χ3v) is 2.86. The molecule has 0 radical (unpaired) electrons. The maximum atomic E-state index is 13.9. The molecule has 0 aromatic heterocycles. The molecule has 0 aliphatic carbocycles. The van der Waals surface area contributed by atoms with E-state index in [4.69, 9.17) is 4.74 Å². The monoisotopic (exact) mass is 276 g/mol. The SMILES string of the molecule is CC(=O)c1cccc(OCC(F)(F)c2ccccc2)c1. The highest BCUT2D eigenvalue weighted by molar-refractivity contribution is 5.94. The number of ether oxygens (including phenoxy) is 1. The molecule has 0 fully saturated rings. The number of carbonyl (C=O) groups is 1. The lowest BCUT2D eigenvalue weighted by molar-refractivity contribution is -0.0467. The largest absolute Gasteiger partial charge is 0.487 e. The van der Waals surface area contributed by atoms with Crippen molar-refractivity contribution in [3.8, 4) is 5.75 Å². The second-order valence-electron chi connectivity index (χ2n) is 4.44. The van der Waals surface area contributed by atoms with E-state index in [9.17, 15) is 13.6 Å². The molecule has 0 unspecified atom stereocenters. The molecule has 0 saturated carbocycles. The van der Waals surface area contributed by atoms with Crippen molar-refractivity contribution in [2.75, 3.05) is 6.61 Å². The van der Waals surface area contributed by atoms with Gasteiger partial charge in [-0.05, 0) is 19.1 Å². The van der Waals surface area contributed by atoms with Crippen LogP contribution < -0.4 is 4.74 Å². The third kappa shape index (κ3) is 3.41. The van der Waals surface area contributed by atoms with Crippen molar-refractivity contribution in [1.29, 1.82) is 0 Å². The molecule has 20 heavy (non-hydrogen) atoms. The Morgan fingerprint density at radius 1 is 1.10 bits per heavy atom.